The molecule has 0 aromatic heterocycles. The van der Waals surface area contributed by atoms with Crippen LogP contribution in [0.25, 0.3) is 0 Å². The number of hydrogen-bond acceptors (Lipinski definition) is 4. The predicted molar refractivity (Wildman–Crippen MR) is 73.5 cm³/mol. The molecule has 0 atom stereocenters. The second kappa shape index (κ2) is 5.28. The van der Waals surface area contributed by atoms with Crippen molar-refractivity contribution in [2.45, 2.75) is 6.92 Å². The Bertz CT molecular complexity index is 828. The third-order valence-corrected chi connectivity index (χ3v) is 3.40. The molecular weight excluding hydrogens is 308 g/mol. The summed E-state index contributed by atoms with van der Waals surface area (Å²) in [6, 6.07) is 7.41. The molecule has 0 aliphatic carbocycles. The fourth-order valence-corrected chi connectivity index (χ4v) is 2.20. The van der Waals surface area contributed by atoms with Crippen LogP contribution in [-0.4, -0.2) is 22.8 Å². The monoisotopic (exact) mass is 317 g/mol. The van der Waals surface area contributed by atoms with E-state index >= 15 is 0 Å². The molecule has 0 spiro atoms. The van der Waals surface area contributed by atoms with Crippen molar-refractivity contribution in [3.63, 3.8) is 0 Å². The Hall–Kier alpha value is -3.09. The van der Waals surface area contributed by atoms with E-state index in [9.17, 15) is 23.2 Å². The molecule has 5 nitrogen and oxygen atoms in total. The third kappa shape index (κ3) is 2.36. The molecule has 2 aromatic rings. The summed E-state index contributed by atoms with van der Waals surface area (Å²) in [5.41, 5.74) is -0.372. The van der Waals surface area contributed by atoms with E-state index in [2.05, 4.69) is 0 Å². The first-order valence-electron chi connectivity index (χ1n) is 6.56. The van der Waals surface area contributed by atoms with Crippen LogP contribution in [0.3, 0.4) is 0 Å². The van der Waals surface area contributed by atoms with Crippen molar-refractivity contribution >= 4 is 17.8 Å². The topological polar surface area (TPSA) is 63.7 Å². The lowest BCUT2D eigenvalue weighted by molar-refractivity contribution is -0.0587. The summed E-state index contributed by atoms with van der Waals surface area (Å²) in [5.74, 6) is -4.87. The van der Waals surface area contributed by atoms with E-state index in [0.29, 0.717) is 6.07 Å². The molecule has 0 N–H and O–H groups in total. The lowest BCUT2D eigenvalue weighted by Gasteiger charge is -2.13. The molecule has 3 rings (SSSR count). The summed E-state index contributed by atoms with van der Waals surface area (Å²) in [4.78, 5) is 40.8. The van der Waals surface area contributed by atoms with Gasteiger partial charge in [-0.3, -0.25) is 9.59 Å². The van der Waals surface area contributed by atoms with E-state index in [4.69, 9.17) is 4.84 Å². The number of hydrogen-bond donors (Lipinski definition) is 0. The van der Waals surface area contributed by atoms with Crippen molar-refractivity contribution in [1.82, 2.24) is 5.06 Å². The molecule has 0 radical (unpaired) electrons. The fraction of sp³-hybridized carbons (Fsp3) is 0.0625. The molecule has 0 saturated heterocycles. The van der Waals surface area contributed by atoms with Gasteiger partial charge < -0.3 is 4.84 Å². The second-order valence-corrected chi connectivity index (χ2v) is 4.91. The summed E-state index contributed by atoms with van der Waals surface area (Å²) in [5, 5.41) is 0.269. The maximum atomic E-state index is 13.7. The predicted octanol–water partition coefficient (Wildman–Crippen LogP) is 2.64. The van der Waals surface area contributed by atoms with Gasteiger partial charge in [0.05, 0.1) is 16.7 Å². The fourth-order valence-electron chi connectivity index (χ4n) is 2.20. The molecule has 0 fully saturated rings. The Morgan fingerprint density at radius 3 is 2.13 bits per heavy atom. The Labute approximate surface area is 129 Å². The zero-order valence-electron chi connectivity index (χ0n) is 11.8. The van der Waals surface area contributed by atoms with Crippen LogP contribution in [-0.2, 0) is 4.84 Å². The van der Waals surface area contributed by atoms with Crippen LogP contribution < -0.4 is 0 Å². The molecule has 1 heterocycles. The summed E-state index contributed by atoms with van der Waals surface area (Å²) in [6.07, 6.45) is 0. The van der Waals surface area contributed by atoms with E-state index < -0.39 is 35.0 Å². The number of carbonyl (C=O) groups is 3. The van der Waals surface area contributed by atoms with Gasteiger partial charge >= 0.3 is 5.97 Å². The van der Waals surface area contributed by atoms with Gasteiger partial charge in [-0.2, -0.15) is 0 Å². The van der Waals surface area contributed by atoms with Crippen LogP contribution in [0.1, 0.15) is 36.6 Å². The molecule has 23 heavy (non-hydrogen) atoms. The summed E-state index contributed by atoms with van der Waals surface area (Å²) >= 11 is 0. The van der Waals surface area contributed by atoms with Gasteiger partial charge in [0, 0.05) is 6.07 Å². The van der Waals surface area contributed by atoms with Gasteiger partial charge in [0.25, 0.3) is 11.8 Å². The number of fused-ring (bicyclic) bond motifs is 1. The highest BCUT2D eigenvalue weighted by Gasteiger charge is 2.39. The summed E-state index contributed by atoms with van der Waals surface area (Å²) < 4.78 is 26.9. The quantitative estimate of drug-likeness (QED) is 0.799. The molecular formula is C16H9F2NO4. The minimum atomic E-state index is -1.26. The number of benzene rings is 2. The second-order valence-electron chi connectivity index (χ2n) is 4.91. The van der Waals surface area contributed by atoms with Crippen LogP contribution in [0.4, 0.5) is 8.78 Å². The molecule has 0 bridgehead atoms. The highest BCUT2D eigenvalue weighted by Crippen LogP contribution is 2.24. The largest absolute Gasteiger partial charge is 0.366 e. The van der Waals surface area contributed by atoms with E-state index in [0.717, 1.165) is 6.07 Å². The van der Waals surface area contributed by atoms with Crippen LogP contribution >= 0.6 is 0 Å². The van der Waals surface area contributed by atoms with Crippen molar-refractivity contribution < 1.29 is 28.0 Å². The van der Waals surface area contributed by atoms with Crippen molar-refractivity contribution in [3.05, 3.63) is 70.3 Å². The lowest BCUT2D eigenvalue weighted by Crippen LogP contribution is -2.33. The van der Waals surface area contributed by atoms with Gasteiger partial charge in [0.2, 0.25) is 0 Å². The molecule has 0 unspecified atom stereocenters. The smallest absolute Gasteiger partial charge is 0.324 e. The zero-order valence-corrected chi connectivity index (χ0v) is 11.8. The molecule has 0 saturated carbocycles. The first-order chi connectivity index (χ1) is 10.9. The minimum absolute atomic E-state index is 0.0284. The number of halogens is 2. The number of nitrogens with zero attached hydrogens (tertiary/aromatic N) is 1. The van der Waals surface area contributed by atoms with Crippen LogP contribution in [0, 0.1) is 18.6 Å². The van der Waals surface area contributed by atoms with Gasteiger partial charge in [-0.1, -0.05) is 17.2 Å². The Morgan fingerprint density at radius 2 is 1.57 bits per heavy atom. The van der Waals surface area contributed by atoms with Crippen LogP contribution in [0.15, 0.2) is 36.4 Å². The van der Waals surface area contributed by atoms with Crippen LogP contribution in [0.2, 0.25) is 0 Å². The molecule has 7 heteroatoms. The van der Waals surface area contributed by atoms with Crippen molar-refractivity contribution in [2.75, 3.05) is 0 Å². The maximum absolute atomic E-state index is 13.7. The molecule has 2 amide bonds. The average Bonchev–Trinajstić information content (AvgIpc) is 2.76. The number of imide groups is 1. The minimum Gasteiger partial charge on any atom is -0.324 e. The van der Waals surface area contributed by atoms with E-state index in [1.165, 1.54) is 19.1 Å². The third-order valence-electron chi connectivity index (χ3n) is 3.40. The SMILES string of the molecule is Cc1cc(C(=O)ON2C(=O)c3ccccc3C2=O)c(F)cc1F. The number of amides is 2. The van der Waals surface area contributed by atoms with Gasteiger partial charge in [0.1, 0.15) is 11.6 Å². The summed E-state index contributed by atoms with van der Waals surface area (Å²) in [7, 11) is 0. The zero-order chi connectivity index (χ0) is 16.7. The van der Waals surface area contributed by atoms with Crippen molar-refractivity contribution in [1.29, 1.82) is 0 Å². The lowest BCUT2D eigenvalue weighted by atomic mass is 10.1. The highest BCUT2D eigenvalue weighted by atomic mass is 19.1. The van der Waals surface area contributed by atoms with Crippen molar-refractivity contribution in [3.8, 4) is 0 Å². The highest BCUT2D eigenvalue weighted by molar-refractivity contribution is 6.21. The maximum Gasteiger partial charge on any atom is 0.366 e. The molecule has 2 aromatic carbocycles. The first kappa shape index (κ1) is 14.8. The number of carbonyl (C=O) groups excluding carboxylic acids is 3. The normalized spacial score (nSPS) is 13.3. The van der Waals surface area contributed by atoms with E-state index in [-0.39, 0.29) is 21.8 Å². The Morgan fingerprint density at radius 1 is 1.00 bits per heavy atom. The molecule has 1 aliphatic heterocycles. The number of hydroxylamine groups is 2. The first-order valence-corrected chi connectivity index (χ1v) is 6.56. The van der Waals surface area contributed by atoms with Gasteiger partial charge in [0.15, 0.2) is 0 Å². The standard InChI is InChI=1S/C16H9F2NO4/c1-8-6-11(13(18)7-12(8)17)16(22)23-19-14(20)9-4-2-3-5-10(9)15(19)21/h2-7H,1H3. The summed E-state index contributed by atoms with van der Waals surface area (Å²) in [6.45, 7) is 1.34. The van der Waals surface area contributed by atoms with Gasteiger partial charge in [-0.25, -0.2) is 13.6 Å². The molecule has 116 valence electrons. The molecule has 1 aliphatic rings. The van der Waals surface area contributed by atoms with E-state index in [1.54, 1.807) is 12.1 Å². The average molecular weight is 317 g/mol. The van der Waals surface area contributed by atoms with E-state index in [1.807, 2.05) is 0 Å². The Kier molecular flexibility index (Phi) is 3.40. The van der Waals surface area contributed by atoms with Crippen LogP contribution in [0.5, 0.6) is 0 Å². The number of rotatable bonds is 2. The van der Waals surface area contributed by atoms with Gasteiger partial charge in [-0.15, -0.1) is 0 Å². The Balaban J connectivity index is 1.89. The van der Waals surface area contributed by atoms with Gasteiger partial charge in [-0.05, 0) is 30.7 Å². The number of aryl methyl sites for hydroxylation is 1. The van der Waals surface area contributed by atoms with Crippen molar-refractivity contribution in [2.24, 2.45) is 0 Å².